The lowest BCUT2D eigenvalue weighted by atomic mass is 9.63. The lowest BCUT2D eigenvalue weighted by Crippen LogP contribution is -2.63. The monoisotopic (exact) mass is 727 g/mol. The summed E-state index contributed by atoms with van der Waals surface area (Å²) in [5.74, 6) is -0.805. The van der Waals surface area contributed by atoms with Crippen molar-refractivity contribution < 1.29 is 32.2 Å². The van der Waals surface area contributed by atoms with Crippen molar-refractivity contribution in [3.05, 3.63) is 102 Å². The van der Waals surface area contributed by atoms with Crippen molar-refractivity contribution >= 4 is 22.7 Å². The summed E-state index contributed by atoms with van der Waals surface area (Å²) < 4.78 is 63.2. The predicted molar refractivity (Wildman–Crippen MR) is 197 cm³/mol. The standard InChI is InChI=1S/C41H44F3N5O4/c1-39(2,3)53-38(50)49-25-40(26-49)20-19-33(32(22-40)41(42,43)44)45-29-15-16-30-34(21-29)48(4)47-36(30)31-17-18-35(51-23-27-11-7-5-8-12-27)46-37(31)52-24-28-13-9-6-10-14-28/h5-18,21,32-33,45H,19-20,22-26H2,1-4H3/t32-,33+/m0/s1. The number of anilines is 1. The Labute approximate surface area is 307 Å². The van der Waals surface area contributed by atoms with Crippen LogP contribution in [0.4, 0.5) is 23.7 Å². The number of hydrogen-bond donors (Lipinski definition) is 1. The maximum atomic E-state index is 14.6. The van der Waals surface area contributed by atoms with Crippen LogP contribution in [0.5, 0.6) is 11.8 Å². The van der Waals surface area contributed by atoms with Crippen LogP contribution < -0.4 is 14.8 Å². The highest BCUT2D eigenvalue weighted by atomic mass is 19.4. The molecule has 278 valence electrons. The van der Waals surface area contributed by atoms with Crippen LogP contribution in [0.15, 0.2) is 91.0 Å². The molecule has 0 bridgehead atoms. The lowest BCUT2D eigenvalue weighted by molar-refractivity contribution is -0.203. The molecule has 1 aliphatic carbocycles. The number of aromatic nitrogens is 3. The topological polar surface area (TPSA) is 90.7 Å². The van der Waals surface area contributed by atoms with Crippen molar-refractivity contribution in [2.45, 2.75) is 71.1 Å². The third kappa shape index (κ3) is 8.21. The quantitative estimate of drug-likeness (QED) is 0.162. The second-order valence-electron chi connectivity index (χ2n) is 15.2. The Balaban J connectivity index is 1.10. The number of aryl methyl sites for hydroxylation is 1. The van der Waals surface area contributed by atoms with Gasteiger partial charge in [0.1, 0.15) is 24.5 Å². The first-order valence-electron chi connectivity index (χ1n) is 17.9. The summed E-state index contributed by atoms with van der Waals surface area (Å²) in [6, 6.07) is 27.9. The molecule has 1 N–H and O–H groups in total. The first-order valence-corrected chi connectivity index (χ1v) is 17.9. The molecule has 9 nitrogen and oxygen atoms in total. The van der Waals surface area contributed by atoms with E-state index in [2.05, 4.69) is 5.32 Å². The number of amides is 1. The summed E-state index contributed by atoms with van der Waals surface area (Å²) in [5, 5.41) is 8.85. The third-order valence-electron chi connectivity index (χ3n) is 9.99. The van der Waals surface area contributed by atoms with E-state index >= 15 is 0 Å². The molecule has 53 heavy (non-hydrogen) atoms. The number of rotatable bonds is 9. The van der Waals surface area contributed by atoms with Gasteiger partial charge in [-0.2, -0.15) is 23.3 Å². The second kappa shape index (κ2) is 14.3. The Morgan fingerprint density at radius 1 is 0.906 bits per heavy atom. The molecule has 1 aliphatic heterocycles. The molecule has 2 atom stereocenters. The van der Waals surface area contributed by atoms with Crippen molar-refractivity contribution in [1.82, 2.24) is 19.7 Å². The minimum atomic E-state index is -4.40. The number of nitrogens with one attached hydrogen (secondary N) is 1. The molecule has 12 heteroatoms. The molecule has 1 spiro atoms. The molecule has 2 aromatic heterocycles. The highest BCUT2D eigenvalue weighted by Crippen LogP contribution is 2.51. The van der Waals surface area contributed by atoms with E-state index < -0.39 is 35.2 Å². The van der Waals surface area contributed by atoms with Crippen LogP contribution in [-0.4, -0.2) is 56.7 Å². The van der Waals surface area contributed by atoms with Crippen LogP contribution in [-0.2, 0) is 25.0 Å². The average molecular weight is 728 g/mol. The van der Waals surface area contributed by atoms with Crippen molar-refractivity contribution in [3.63, 3.8) is 0 Å². The fraction of sp³-hybridized carbons (Fsp3) is 0.390. The summed E-state index contributed by atoms with van der Waals surface area (Å²) in [4.78, 5) is 18.8. The van der Waals surface area contributed by atoms with Gasteiger partial charge in [-0.25, -0.2) is 4.79 Å². The lowest BCUT2D eigenvalue weighted by Gasteiger charge is -2.55. The highest BCUT2D eigenvalue weighted by molar-refractivity contribution is 5.96. The number of nitrogens with zero attached hydrogens (tertiary/aromatic N) is 4. The molecule has 2 fully saturated rings. The van der Waals surface area contributed by atoms with E-state index in [9.17, 15) is 18.0 Å². The summed E-state index contributed by atoms with van der Waals surface area (Å²) in [7, 11) is 1.81. The van der Waals surface area contributed by atoms with Crippen LogP contribution in [0.1, 0.15) is 51.2 Å². The molecule has 5 aromatic rings. The van der Waals surface area contributed by atoms with E-state index in [1.807, 2.05) is 78.9 Å². The van der Waals surface area contributed by atoms with Crippen LogP contribution in [0.3, 0.4) is 0 Å². The molecular weight excluding hydrogens is 683 g/mol. The number of halogens is 3. The Kier molecular flexibility index (Phi) is 9.73. The number of carbonyl (C=O) groups is 1. The first-order chi connectivity index (χ1) is 25.3. The van der Waals surface area contributed by atoms with Gasteiger partial charge in [-0.1, -0.05) is 60.7 Å². The number of likely N-dealkylation sites (tertiary alicyclic amines) is 1. The van der Waals surface area contributed by atoms with Crippen molar-refractivity contribution in [1.29, 1.82) is 0 Å². The van der Waals surface area contributed by atoms with Gasteiger partial charge < -0.3 is 24.4 Å². The van der Waals surface area contributed by atoms with E-state index in [4.69, 9.17) is 24.3 Å². The van der Waals surface area contributed by atoms with Gasteiger partial charge in [-0.05, 0) is 75.4 Å². The van der Waals surface area contributed by atoms with Gasteiger partial charge >= 0.3 is 12.3 Å². The number of fused-ring (bicyclic) bond motifs is 1. The van der Waals surface area contributed by atoms with Gasteiger partial charge in [0.15, 0.2) is 0 Å². The molecule has 1 saturated carbocycles. The first kappa shape index (κ1) is 36.1. The van der Waals surface area contributed by atoms with Crippen molar-refractivity contribution in [3.8, 4) is 23.0 Å². The molecule has 2 aliphatic rings. The van der Waals surface area contributed by atoms with Crippen LogP contribution in [0.2, 0.25) is 0 Å². The number of hydrogen-bond acceptors (Lipinski definition) is 7. The maximum absolute atomic E-state index is 14.6. The zero-order chi connectivity index (χ0) is 37.4. The molecular formula is C41H44F3N5O4. The van der Waals surface area contributed by atoms with E-state index in [-0.39, 0.29) is 26.1 Å². The summed E-state index contributed by atoms with van der Waals surface area (Å²) in [6.07, 6.45) is -4.02. The molecule has 0 unspecified atom stereocenters. The van der Waals surface area contributed by atoms with Gasteiger partial charge in [0.2, 0.25) is 11.8 Å². The minimum absolute atomic E-state index is 0.0462. The fourth-order valence-electron chi connectivity index (χ4n) is 7.41. The molecule has 7 rings (SSSR count). The Morgan fingerprint density at radius 2 is 1.57 bits per heavy atom. The second-order valence-corrected chi connectivity index (χ2v) is 15.2. The SMILES string of the molecule is Cn1nc(-c2ccc(OCc3ccccc3)nc2OCc2ccccc2)c2ccc(N[C@@H]3CCC4(C[C@@H]3C(F)(F)F)CN(C(=O)OC(C)(C)C)C4)cc21. The van der Waals surface area contributed by atoms with Gasteiger partial charge in [0, 0.05) is 48.7 Å². The summed E-state index contributed by atoms with van der Waals surface area (Å²) >= 11 is 0. The Bertz CT molecular complexity index is 2060. The minimum Gasteiger partial charge on any atom is -0.473 e. The molecule has 3 heterocycles. The molecule has 1 saturated heterocycles. The van der Waals surface area contributed by atoms with Crippen molar-refractivity contribution in [2.75, 3.05) is 18.4 Å². The van der Waals surface area contributed by atoms with Gasteiger partial charge in [-0.15, -0.1) is 0 Å². The average Bonchev–Trinajstić information content (AvgIpc) is 3.43. The van der Waals surface area contributed by atoms with Gasteiger partial charge in [0.05, 0.1) is 17.0 Å². The van der Waals surface area contributed by atoms with Gasteiger partial charge in [-0.3, -0.25) is 4.68 Å². The van der Waals surface area contributed by atoms with Crippen molar-refractivity contribution in [2.24, 2.45) is 18.4 Å². The largest absolute Gasteiger partial charge is 0.473 e. The number of ether oxygens (including phenoxy) is 3. The zero-order valence-corrected chi connectivity index (χ0v) is 30.3. The predicted octanol–water partition coefficient (Wildman–Crippen LogP) is 9.17. The third-order valence-corrected chi connectivity index (χ3v) is 9.99. The Hall–Kier alpha value is -5.26. The highest BCUT2D eigenvalue weighted by Gasteiger charge is 2.57. The normalized spacial score (nSPS) is 18.4. The van der Waals surface area contributed by atoms with E-state index in [1.165, 1.54) is 4.90 Å². The number of alkyl halides is 3. The number of benzene rings is 3. The van der Waals surface area contributed by atoms with Crippen LogP contribution in [0, 0.1) is 11.3 Å². The molecule has 0 radical (unpaired) electrons. The van der Waals surface area contributed by atoms with E-state index in [0.29, 0.717) is 48.2 Å². The Morgan fingerprint density at radius 3 is 2.21 bits per heavy atom. The van der Waals surface area contributed by atoms with Crippen LogP contribution >= 0.6 is 0 Å². The summed E-state index contributed by atoms with van der Waals surface area (Å²) in [6.45, 7) is 6.50. The van der Waals surface area contributed by atoms with Crippen LogP contribution in [0.25, 0.3) is 22.2 Å². The van der Waals surface area contributed by atoms with Gasteiger partial charge in [0.25, 0.3) is 0 Å². The van der Waals surface area contributed by atoms with E-state index in [1.54, 1.807) is 44.6 Å². The number of carbonyl (C=O) groups excluding carboxylic acids is 1. The number of pyridine rings is 1. The zero-order valence-electron chi connectivity index (χ0n) is 30.3. The smallest absolute Gasteiger partial charge is 0.410 e. The molecule has 1 amide bonds. The van der Waals surface area contributed by atoms with E-state index in [0.717, 1.165) is 22.0 Å². The fourth-order valence-corrected chi connectivity index (χ4v) is 7.41. The maximum Gasteiger partial charge on any atom is 0.410 e. The summed E-state index contributed by atoms with van der Waals surface area (Å²) in [5.41, 5.74) is 3.37. The molecule has 3 aromatic carbocycles.